The summed E-state index contributed by atoms with van der Waals surface area (Å²) >= 11 is 9.26. The zero-order chi connectivity index (χ0) is 14.3. The number of hydrogen-bond acceptors (Lipinski definition) is 3. The molecule has 0 aliphatic heterocycles. The molecule has 0 fully saturated rings. The molecule has 0 bridgehead atoms. The van der Waals surface area contributed by atoms with E-state index in [0.29, 0.717) is 23.7 Å². The average molecular weight is 350 g/mol. The third-order valence-electron chi connectivity index (χ3n) is 2.24. The normalized spacial score (nSPS) is 9.84. The minimum Gasteiger partial charge on any atom is -0.453 e. The van der Waals surface area contributed by atoms with Crippen molar-refractivity contribution in [1.29, 1.82) is 0 Å². The number of ether oxygens (including phenoxy) is 1. The van der Waals surface area contributed by atoms with E-state index in [9.17, 15) is 9.59 Å². The lowest BCUT2D eigenvalue weighted by Gasteiger charge is -2.07. The van der Waals surface area contributed by atoms with E-state index in [1.165, 1.54) is 7.11 Å². The van der Waals surface area contributed by atoms with E-state index in [1.807, 2.05) is 0 Å². The van der Waals surface area contributed by atoms with Gasteiger partial charge in [0, 0.05) is 17.4 Å². The van der Waals surface area contributed by atoms with Crippen molar-refractivity contribution < 1.29 is 14.3 Å². The van der Waals surface area contributed by atoms with Gasteiger partial charge in [-0.2, -0.15) is 0 Å². The molecule has 0 unspecified atom stereocenters. The summed E-state index contributed by atoms with van der Waals surface area (Å²) in [4.78, 5) is 22.4. The Morgan fingerprint density at radius 2 is 2.16 bits per heavy atom. The van der Waals surface area contributed by atoms with Gasteiger partial charge in [-0.05, 0) is 24.6 Å². The Morgan fingerprint density at radius 3 is 2.79 bits per heavy atom. The summed E-state index contributed by atoms with van der Waals surface area (Å²) in [6.07, 6.45) is 0.308. The molecule has 0 atom stereocenters. The van der Waals surface area contributed by atoms with E-state index in [-0.39, 0.29) is 12.3 Å². The van der Waals surface area contributed by atoms with E-state index < -0.39 is 6.09 Å². The van der Waals surface area contributed by atoms with Crippen LogP contribution < -0.4 is 10.6 Å². The third kappa shape index (κ3) is 5.94. The van der Waals surface area contributed by atoms with Crippen molar-refractivity contribution >= 4 is 45.2 Å². The molecule has 2 amide bonds. The van der Waals surface area contributed by atoms with Crippen LogP contribution in [0.5, 0.6) is 0 Å². The number of methoxy groups -OCH3 is 1. The Morgan fingerprint density at radius 1 is 1.42 bits per heavy atom. The SMILES string of the molecule is COC(=O)NCCCC(=O)Nc1ccc(Br)cc1Cl. The van der Waals surface area contributed by atoms with Crippen LogP contribution in [-0.4, -0.2) is 25.7 Å². The van der Waals surface area contributed by atoms with E-state index in [2.05, 4.69) is 31.3 Å². The molecule has 0 heterocycles. The van der Waals surface area contributed by atoms with E-state index in [1.54, 1.807) is 18.2 Å². The van der Waals surface area contributed by atoms with Gasteiger partial charge < -0.3 is 15.4 Å². The molecule has 0 aliphatic carbocycles. The van der Waals surface area contributed by atoms with Gasteiger partial charge in [0.15, 0.2) is 0 Å². The van der Waals surface area contributed by atoms with Crippen LogP contribution in [0.3, 0.4) is 0 Å². The molecule has 1 aromatic carbocycles. The van der Waals surface area contributed by atoms with E-state index in [4.69, 9.17) is 11.6 Å². The average Bonchev–Trinajstić information content (AvgIpc) is 2.37. The lowest BCUT2D eigenvalue weighted by atomic mass is 10.2. The minimum atomic E-state index is -0.503. The van der Waals surface area contributed by atoms with Crippen LogP contribution in [0.1, 0.15) is 12.8 Å². The van der Waals surface area contributed by atoms with Crippen LogP contribution in [0.4, 0.5) is 10.5 Å². The molecule has 0 radical (unpaired) electrons. The molecular weight excluding hydrogens is 336 g/mol. The lowest BCUT2D eigenvalue weighted by molar-refractivity contribution is -0.116. The monoisotopic (exact) mass is 348 g/mol. The molecule has 1 aromatic rings. The predicted molar refractivity (Wildman–Crippen MR) is 77.4 cm³/mol. The summed E-state index contributed by atoms with van der Waals surface area (Å²) in [5, 5.41) is 5.67. The second-order valence-corrected chi connectivity index (χ2v) is 5.02. The molecule has 0 saturated heterocycles. The Bertz CT molecular complexity index is 468. The van der Waals surface area contributed by atoms with Gasteiger partial charge in [-0.1, -0.05) is 27.5 Å². The third-order valence-corrected chi connectivity index (χ3v) is 3.05. The second-order valence-electron chi connectivity index (χ2n) is 3.69. The van der Waals surface area contributed by atoms with Crippen LogP contribution in [-0.2, 0) is 9.53 Å². The smallest absolute Gasteiger partial charge is 0.406 e. The van der Waals surface area contributed by atoms with Gasteiger partial charge in [-0.15, -0.1) is 0 Å². The van der Waals surface area contributed by atoms with Gasteiger partial charge in [0.2, 0.25) is 5.91 Å². The predicted octanol–water partition coefficient (Wildman–Crippen LogP) is 3.18. The lowest BCUT2D eigenvalue weighted by Crippen LogP contribution is -2.25. The van der Waals surface area contributed by atoms with E-state index in [0.717, 1.165) is 4.47 Å². The fourth-order valence-corrected chi connectivity index (χ4v) is 2.04. The number of halogens is 2. The Hall–Kier alpha value is -1.27. The number of carbonyl (C=O) groups excluding carboxylic acids is 2. The fraction of sp³-hybridized carbons (Fsp3) is 0.333. The molecule has 19 heavy (non-hydrogen) atoms. The van der Waals surface area contributed by atoms with Crippen LogP contribution in [0.25, 0.3) is 0 Å². The molecule has 7 heteroatoms. The number of anilines is 1. The highest BCUT2D eigenvalue weighted by atomic mass is 79.9. The van der Waals surface area contributed by atoms with Gasteiger partial charge in [0.25, 0.3) is 0 Å². The molecule has 0 saturated carbocycles. The highest BCUT2D eigenvalue weighted by molar-refractivity contribution is 9.10. The first-order valence-corrected chi connectivity index (χ1v) is 6.76. The summed E-state index contributed by atoms with van der Waals surface area (Å²) in [6.45, 7) is 0.383. The van der Waals surface area contributed by atoms with Crippen LogP contribution in [0.15, 0.2) is 22.7 Å². The topological polar surface area (TPSA) is 67.4 Å². The van der Waals surface area contributed by atoms with E-state index >= 15 is 0 Å². The van der Waals surface area contributed by atoms with Crippen LogP contribution in [0.2, 0.25) is 5.02 Å². The summed E-state index contributed by atoms with van der Waals surface area (Å²) in [5.41, 5.74) is 0.566. The van der Waals surface area contributed by atoms with Crippen LogP contribution in [0, 0.1) is 0 Å². The number of hydrogen-bond donors (Lipinski definition) is 2. The number of carbonyl (C=O) groups is 2. The van der Waals surface area contributed by atoms with Gasteiger partial charge in [0.1, 0.15) is 0 Å². The number of nitrogens with one attached hydrogen (secondary N) is 2. The molecule has 0 spiro atoms. The first kappa shape index (κ1) is 15.8. The van der Waals surface area contributed by atoms with Crippen molar-refractivity contribution in [3.05, 3.63) is 27.7 Å². The van der Waals surface area contributed by atoms with Crippen molar-refractivity contribution in [2.75, 3.05) is 19.0 Å². The van der Waals surface area contributed by atoms with Gasteiger partial charge >= 0.3 is 6.09 Å². The number of amides is 2. The van der Waals surface area contributed by atoms with Crippen LogP contribution >= 0.6 is 27.5 Å². The number of alkyl carbamates (subject to hydrolysis) is 1. The molecule has 0 aromatic heterocycles. The summed E-state index contributed by atoms with van der Waals surface area (Å²) < 4.78 is 5.25. The Balaban J connectivity index is 2.33. The standard InChI is InChI=1S/C12H14BrClN2O3/c1-19-12(18)15-6-2-3-11(17)16-10-5-4-8(13)7-9(10)14/h4-5,7H,2-3,6H2,1H3,(H,15,18)(H,16,17). The molecule has 2 N–H and O–H groups in total. The fourth-order valence-electron chi connectivity index (χ4n) is 1.32. The quantitative estimate of drug-likeness (QED) is 0.802. The molecule has 5 nitrogen and oxygen atoms in total. The maximum atomic E-state index is 11.6. The van der Waals surface area contributed by atoms with Crippen molar-refractivity contribution in [2.24, 2.45) is 0 Å². The van der Waals surface area contributed by atoms with Crippen molar-refractivity contribution in [3.8, 4) is 0 Å². The largest absolute Gasteiger partial charge is 0.453 e. The highest BCUT2D eigenvalue weighted by Gasteiger charge is 2.06. The van der Waals surface area contributed by atoms with Gasteiger partial charge in [0.05, 0.1) is 17.8 Å². The molecule has 0 aliphatic rings. The van der Waals surface area contributed by atoms with Crippen molar-refractivity contribution in [1.82, 2.24) is 5.32 Å². The zero-order valence-electron chi connectivity index (χ0n) is 10.3. The summed E-state index contributed by atoms with van der Waals surface area (Å²) in [6, 6.07) is 5.22. The molecule has 1 rings (SSSR count). The minimum absolute atomic E-state index is 0.157. The Kier molecular flexibility index (Phi) is 6.66. The maximum absolute atomic E-state index is 11.6. The maximum Gasteiger partial charge on any atom is 0.406 e. The van der Waals surface area contributed by atoms with Gasteiger partial charge in [-0.25, -0.2) is 4.79 Å². The second kappa shape index (κ2) is 8.01. The first-order chi connectivity index (χ1) is 9.02. The van der Waals surface area contributed by atoms with Gasteiger partial charge in [-0.3, -0.25) is 4.79 Å². The Labute approximate surface area is 124 Å². The first-order valence-electron chi connectivity index (χ1n) is 5.59. The zero-order valence-corrected chi connectivity index (χ0v) is 12.7. The molecule has 104 valence electrons. The summed E-state index contributed by atoms with van der Waals surface area (Å²) in [5.74, 6) is -0.157. The summed E-state index contributed by atoms with van der Waals surface area (Å²) in [7, 11) is 1.29. The van der Waals surface area contributed by atoms with Crippen molar-refractivity contribution in [2.45, 2.75) is 12.8 Å². The molecular formula is C12H14BrClN2O3. The highest BCUT2D eigenvalue weighted by Crippen LogP contribution is 2.25. The van der Waals surface area contributed by atoms with Crippen molar-refractivity contribution in [3.63, 3.8) is 0 Å². The number of benzene rings is 1. The number of rotatable bonds is 5.